The van der Waals surface area contributed by atoms with Crippen LogP contribution in [0, 0.1) is 0 Å². The van der Waals surface area contributed by atoms with E-state index in [1.165, 1.54) is 0 Å². The number of methoxy groups -OCH3 is 1. The lowest BCUT2D eigenvalue weighted by atomic mass is 10.2. The van der Waals surface area contributed by atoms with Gasteiger partial charge in [-0.1, -0.05) is 5.21 Å². The highest BCUT2D eigenvalue weighted by Crippen LogP contribution is 2.20. The summed E-state index contributed by atoms with van der Waals surface area (Å²) < 4.78 is 11.9. The molecule has 6 nitrogen and oxygen atoms in total. The molecular formula is C8H14N4O2. The van der Waals surface area contributed by atoms with E-state index in [1.54, 1.807) is 13.3 Å². The maximum atomic E-state index is 5.90. The van der Waals surface area contributed by atoms with Gasteiger partial charge in [-0.25, -0.2) is 4.68 Å². The van der Waals surface area contributed by atoms with Crippen molar-refractivity contribution in [2.75, 3.05) is 26.9 Å². The van der Waals surface area contributed by atoms with E-state index in [9.17, 15) is 0 Å². The zero-order valence-corrected chi connectivity index (χ0v) is 8.09. The molecule has 14 heavy (non-hydrogen) atoms. The maximum absolute atomic E-state index is 5.90. The smallest absolute Gasteiger partial charge is 0.101 e. The van der Waals surface area contributed by atoms with Crippen molar-refractivity contribution in [1.82, 2.24) is 15.0 Å². The second-order valence-corrected chi connectivity index (χ2v) is 3.36. The summed E-state index contributed by atoms with van der Waals surface area (Å²) in [7, 11) is 1.63. The van der Waals surface area contributed by atoms with Crippen LogP contribution >= 0.6 is 0 Å². The van der Waals surface area contributed by atoms with Crippen LogP contribution in [0.5, 0.6) is 0 Å². The summed E-state index contributed by atoms with van der Waals surface area (Å²) in [6.45, 7) is 1.85. The Labute approximate surface area is 82.0 Å². The Morgan fingerprint density at radius 1 is 1.79 bits per heavy atom. The highest BCUT2D eigenvalue weighted by Gasteiger charge is 2.25. The predicted octanol–water partition coefficient (Wildman–Crippen LogP) is -0.504. The Kier molecular flexibility index (Phi) is 2.76. The predicted molar refractivity (Wildman–Crippen MR) is 48.7 cm³/mol. The summed E-state index contributed by atoms with van der Waals surface area (Å²) in [5.74, 6) is 0. The largest absolute Gasteiger partial charge is 0.383 e. The number of ether oxygens (including phenoxy) is 2. The third kappa shape index (κ3) is 1.63. The van der Waals surface area contributed by atoms with E-state index in [2.05, 4.69) is 10.3 Å². The quantitative estimate of drug-likeness (QED) is 0.705. The van der Waals surface area contributed by atoms with Crippen molar-refractivity contribution in [3.05, 3.63) is 11.9 Å². The van der Waals surface area contributed by atoms with Crippen LogP contribution in [-0.4, -0.2) is 41.9 Å². The van der Waals surface area contributed by atoms with Crippen LogP contribution in [0.3, 0.4) is 0 Å². The first kappa shape index (κ1) is 9.57. The fourth-order valence-electron chi connectivity index (χ4n) is 1.43. The average Bonchev–Trinajstić information content (AvgIpc) is 2.50. The maximum Gasteiger partial charge on any atom is 0.101 e. The van der Waals surface area contributed by atoms with Crippen molar-refractivity contribution in [3.8, 4) is 0 Å². The number of nitrogens with two attached hydrogens (primary N) is 1. The van der Waals surface area contributed by atoms with Crippen molar-refractivity contribution in [3.63, 3.8) is 0 Å². The summed E-state index contributed by atoms with van der Waals surface area (Å²) in [6.07, 6.45) is 1.68. The number of hydrogen-bond acceptors (Lipinski definition) is 5. The summed E-state index contributed by atoms with van der Waals surface area (Å²) >= 11 is 0. The molecule has 1 aromatic rings. The van der Waals surface area contributed by atoms with Gasteiger partial charge in [0, 0.05) is 7.11 Å². The molecule has 1 aromatic heterocycles. The molecule has 0 aliphatic carbocycles. The third-order valence-corrected chi connectivity index (χ3v) is 2.30. The van der Waals surface area contributed by atoms with Crippen LogP contribution in [0.4, 0.5) is 0 Å². The zero-order chi connectivity index (χ0) is 9.97. The molecule has 2 N–H and O–H groups in total. The Bertz CT molecular complexity index is 297. The summed E-state index contributed by atoms with van der Waals surface area (Å²) in [4.78, 5) is 0. The number of rotatable bonds is 4. The van der Waals surface area contributed by atoms with E-state index in [0.717, 1.165) is 5.69 Å². The Morgan fingerprint density at radius 3 is 3.14 bits per heavy atom. The van der Waals surface area contributed by atoms with Crippen LogP contribution in [0.15, 0.2) is 6.20 Å². The first-order valence-corrected chi connectivity index (χ1v) is 4.55. The van der Waals surface area contributed by atoms with Crippen LogP contribution in [0.25, 0.3) is 0 Å². The van der Waals surface area contributed by atoms with Gasteiger partial charge < -0.3 is 15.2 Å². The highest BCUT2D eigenvalue weighted by atomic mass is 16.5. The van der Waals surface area contributed by atoms with Gasteiger partial charge in [-0.2, -0.15) is 0 Å². The minimum absolute atomic E-state index is 0.171. The van der Waals surface area contributed by atoms with E-state index >= 15 is 0 Å². The highest BCUT2D eigenvalue weighted by molar-refractivity contribution is 5.03. The fraction of sp³-hybridized carbons (Fsp3) is 0.750. The molecule has 1 fully saturated rings. The lowest BCUT2D eigenvalue weighted by molar-refractivity contribution is -0.0313. The summed E-state index contributed by atoms with van der Waals surface area (Å²) in [5, 5.41) is 7.84. The molecule has 0 aromatic carbocycles. The van der Waals surface area contributed by atoms with Gasteiger partial charge in [-0.05, 0) is 0 Å². The number of hydrogen-bond donors (Lipinski definition) is 1. The van der Waals surface area contributed by atoms with E-state index < -0.39 is 0 Å². The minimum atomic E-state index is -0.171. The number of nitrogens with zero attached hydrogens (tertiary/aromatic N) is 3. The Balaban J connectivity index is 2.11. The second-order valence-electron chi connectivity index (χ2n) is 3.36. The van der Waals surface area contributed by atoms with Crippen molar-refractivity contribution >= 4 is 0 Å². The molecule has 2 rings (SSSR count). The zero-order valence-electron chi connectivity index (χ0n) is 8.09. The molecule has 2 heterocycles. The van der Waals surface area contributed by atoms with Crippen LogP contribution < -0.4 is 5.73 Å². The van der Waals surface area contributed by atoms with Gasteiger partial charge in [-0.15, -0.1) is 5.10 Å². The Morgan fingerprint density at radius 2 is 2.57 bits per heavy atom. The molecule has 0 bridgehead atoms. The van der Waals surface area contributed by atoms with Gasteiger partial charge in [0.1, 0.15) is 6.04 Å². The molecule has 6 heteroatoms. The molecule has 0 radical (unpaired) electrons. The normalized spacial score (nSPS) is 19.3. The van der Waals surface area contributed by atoms with Gasteiger partial charge in [-0.3, -0.25) is 0 Å². The third-order valence-electron chi connectivity index (χ3n) is 2.30. The standard InChI is InChI=1S/C8H14N4O2/c1-13-5-7(9)8-2-10-11-12(8)6-3-14-4-6/h2,6-7H,3-5,9H2,1H3/t7-/m1/s1. The second kappa shape index (κ2) is 4.04. The van der Waals surface area contributed by atoms with Crippen molar-refractivity contribution < 1.29 is 9.47 Å². The van der Waals surface area contributed by atoms with E-state index in [4.69, 9.17) is 15.2 Å². The van der Waals surface area contributed by atoms with Crippen LogP contribution in [0.2, 0.25) is 0 Å². The topological polar surface area (TPSA) is 75.2 Å². The fourth-order valence-corrected chi connectivity index (χ4v) is 1.43. The van der Waals surface area contributed by atoms with Gasteiger partial charge in [0.25, 0.3) is 0 Å². The Hall–Kier alpha value is -0.980. The van der Waals surface area contributed by atoms with E-state index in [1.807, 2.05) is 4.68 Å². The number of aromatic nitrogens is 3. The molecule has 1 saturated heterocycles. The van der Waals surface area contributed by atoms with Crippen molar-refractivity contribution in [2.45, 2.75) is 12.1 Å². The summed E-state index contributed by atoms with van der Waals surface area (Å²) in [6, 6.07) is 0.117. The molecule has 0 saturated carbocycles. The lowest BCUT2D eigenvalue weighted by Crippen LogP contribution is -2.34. The molecule has 1 aliphatic heterocycles. The van der Waals surface area contributed by atoms with Crippen molar-refractivity contribution in [1.29, 1.82) is 0 Å². The molecular weight excluding hydrogens is 184 g/mol. The van der Waals surface area contributed by atoms with Crippen LogP contribution in [0.1, 0.15) is 17.8 Å². The molecule has 1 aliphatic rings. The van der Waals surface area contributed by atoms with Crippen molar-refractivity contribution in [2.24, 2.45) is 5.73 Å². The van der Waals surface area contributed by atoms with E-state index in [0.29, 0.717) is 19.8 Å². The first-order valence-electron chi connectivity index (χ1n) is 4.55. The molecule has 0 amide bonds. The van der Waals surface area contributed by atoms with Gasteiger partial charge in [0.2, 0.25) is 0 Å². The van der Waals surface area contributed by atoms with Gasteiger partial charge >= 0.3 is 0 Å². The molecule has 1 atom stereocenters. The summed E-state index contributed by atoms with van der Waals surface area (Å²) in [5.41, 5.74) is 6.80. The average molecular weight is 198 g/mol. The lowest BCUT2D eigenvalue weighted by Gasteiger charge is -2.28. The molecule has 78 valence electrons. The van der Waals surface area contributed by atoms with Crippen LogP contribution in [-0.2, 0) is 9.47 Å². The molecule has 0 spiro atoms. The van der Waals surface area contributed by atoms with E-state index in [-0.39, 0.29) is 12.1 Å². The monoisotopic (exact) mass is 198 g/mol. The molecule has 0 unspecified atom stereocenters. The van der Waals surface area contributed by atoms with Gasteiger partial charge in [0.05, 0.1) is 37.8 Å². The van der Waals surface area contributed by atoms with Gasteiger partial charge in [0.15, 0.2) is 0 Å². The first-order chi connectivity index (χ1) is 6.83. The minimum Gasteiger partial charge on any atom is -0.383 e. The SMILES string of the molecule is COC[C@@H](N)c1cnnn1C1COC1.